The minimum atomic E-state index is -0.823. The zero-order valence-electron chi connectivity index (χ0n) is 10.2. The number of hydrogen-bond acceptors (Lipinski definition) is 2. The Balaban J connectivity index is 2.61. The summed E-state index contributed by atoms with van der Waals surface area (Å²) < 4.78 is 0. The van der Waals surface area contributed by atoms with Crippen molar-refractivity contribution in [3.8, 4) is 0 Å². The molecule has 2 amide bonds. The second-order valence-corrected chi connectivity index (χ2v) is 5.28. The van der Waals surface area contributed by atoms with Gasteiger partial charge in [0.1, 0.15) is 5.41 Å². The van der Waals surface area contributed by atoms with Crippen molar-refractivity contribution in [2.45, 2.75) is 39.2 Å². The topological polar surface area (TPSA) is 58.2 Å². The lowest BCUT2D eigenvalue weighted by molar-refractivity contribution is -0.137. The molecule has 1 aliphatic carbocycles. The van der Waals surface area contributed by atoms with E-state index >= 15 is 0 Å². The first-order chi connectivity index (χ1) is 7.32. The van der Waals surface area contributed by atoms with E-state index in [0.29, 0.717) is 19.4 Å². The molecule has 0 unspecified atom stereocenters. The normalized spacial score (nSPS) is 17.4. The molecule has 90 valence electrons. The van der Waals surface area contributed by atoms with E-state index in [1.165, 1.54) is 0 Å². The Morgan fingerprint density at radius 2 is 1.88 bits per heavy atom. The molecule has 0 radical (unpaired) electrons. The Labute approximate surface area is 96.5 Å². The van der Waals surface area contributed by atoms with Crippen molar-refractivity contribution in [2.75, 3.05) is 6.54 Å². The predicted molar refractivity (Wildman–Crippen MR) is 62.8 cm³/mol. The summed E-state index contributed by atoms with van der Waals surface area (Å²) in [5, 5.41) is 5.54. The Morgan fingerprint density at radius 3 is 2.25 bits per heavy atom. The largest absolute Gasteiger partial charge is 0.352 e. The van der Waals surface area contributed by atoms with Crippen LogP contribution in [0.3, 0.4) is 0 Å². The summed E-state index contributed by atoms with van der Waals surface area (Å²) in [4.78, 5) is 23.7. The van der Waals surface area contributed by atoms with Crippen molar-refractivity contribution in [1.82, 2.24) is 10.6 Å². The maximum atomic E-state index is 11.9. The maximum Gasteiger partial charge on any atom is 0.236 e. The molecule has 0 spiro atoms. The third kappa shape index (κ3) is 2.84. The highest BCUT2D eigenvalue weighted by atomic mass is 16.2. The molecule has 0 atom stereocenters. The van der Waals surface area contributed by atoms with Gasteiger partial charge in [-0.2, -0.15) is 0 Å². The summed E-state index contributed by atoms with van der Waals surface area (Å²) in [6.07, 6.45) is 2.88. The lowest BCUT2D eigenvalue weighted by atomic mass is 10.0. The molecule has 2 N–H and O–H groups in total. The van der Waals surface area contributed by atoms with E-state index in [1.54, 1.807) is 6.08 Å². The Hall–Kier alpha value is -1.32. The third-order valence-electron chi connectivity index (χ3n) is 2.51. The summed E-state index contributed by atoms with van der Waals surface area (Å²) in [5.74, 6) is -0.351. The van der Waals surface area contributed by atoms with Gasteiger partial charge >= 0.3 is 0 Å². The maximum absolute atomic E-state index is 11.9. The van der Waals surface area contributed by atoms with Gasteiger partial charge in [-0.3, -0.25) is 9.59 Å². The zero-order valence-corrected chi connectivity index (χ0v) is 10.2. The Kier molecular flexibility index (Phi) is 3.41. The first kappa shape index (κ1) is 12.7. The number of nitrogens with one attached hydrogen (secondary N) is 2. The van der Waals surface area contributed by atoms with Gasteiger partial charge in [-0.15, -0.1) is 6.58 Å². The quantitative estimate of drug-likeness (QED) is 0.552. The van der Waals surface area contributed by atoms with Gasteiger partial charge in [0, 0.05) is 12.1 Å². The van der Waals surface area contributed by atoms with Crippen LogP contribution in [0.1, 0.15) is 33.6 Å². The van der Waals surface area contributed by atoms with Gasteiger partial charge in [0.2, 0.25) is 11.8 Å². The van der Waals surface area contributed by atoms with Crippen molar-refractivity contribution in [3.05, 3.63) is 12.7 Å². The molecular weight excluding hydrogens is 204 g/mol. The molecule has 1 rings (SSSR count). The monoisotopic (exact) mass is 224 g/mol. The number of hydrogen-bond donors (Lipinski definition) is 2. The van der Waals surface area contributed by atoms with Gasteiger partial charge in [0.15, 0.2) is 0 Å². The summed E-state index contributed by atoms with van der Waals surface area (Å²) in [5.41, 5.74) is -1.12. The summed E-state index contributed by atoms with van der Waals surface area (Å²) in [6.45, 7) is 9.65. The molecule has 0 bridgehead atoms. The lowest BCUT2D eigenvalue weighted by Crippen LogP contribution is -2.49. The minimum absolute atomic E-state index is 0.165. The first-order valence-electron chi connectivity index (χ1n) is 5.54. The van der Waals surface area contributed by atoms with Gasteiger partial charge in [-0.1, -0.05) is 6.08 Å². The number of carbonyl (C=O) groups is 2. The smallest absolute Gasteiger partial charge is 0.236 e. The van der Waals surface area contributed by atoms with Crippen LogP contribution in [0.5, 0.6) is 0 Å². The van der Waals surface area contributed by atoms with E-state index < -0.39 is 5.41 Å². The molecule has 0 aromatic carbocycles. The van der Waals surface area contributed by atoms with Crippen molar-refractivity contribution >= 4 is 11.8 Å². The van der Waals surface area contributed by atoms with E-state index in [0.717, 1.165) is 0 Å². The fourth-order valence-electron chi connectivity index (χ4n) is 1.48. The number of carbonyl (C=O) groups excluding carboxylic acids is 2. The second-order valence-electron chi connectivity index (χ2n) is 5.28. The molecule has 0 heterocycles. The molecule has 0 aliphatic heterocycles. The van der Waals surface area contributed by atoms with E-state index in [9.17, 15) is 9.59 Å². The van der Waals surface area contributed by atoms with Crippen molar-refractivity contribution in [1.29, 1.82) is 0 Å². The van der Waals surface area contributed by atoms with Crippen LogP contribution in [0.15, 0.2) is 12.7 Å². The third-order valence-corrected chi connectivity index (χ3v) is 2.51. The van der Waals surface area contributed by atoms with Crippen LogP contribution in [0.2, 0.25) is 0 Å². The van der Waals surface area contributed by atoms with Gasteiger partial charge < -0.3 is 10.6 Å². The van der Waals surface area contributed by atoms with Crippen LogP contribution in [0.4, 0.5) is 0 Å². The van der Waals surface area contributed by atoms with E-state index in [2.05, 4.69) is 17.2 Å². The average molecular weight is 224 g/mol. The number of rotatable bonds is 4. The van der Waals surface area contributed by atoms with Gasteiger partial charge in [0.25, 0.3) is 0 Å². The average Bonchev–Trinajstić information content (AvgIpc) is 2.91. The molecule has 16 heavy (non-hydrogen) atoms. The highest BCUT2D eigenvalue weighted by Gasteiger charge is 2.56. The van der Waals surface area contributed by atoms with Crippen LogP contribution >= 0.6 is 0 Å². The van der Waals surface area contributed by atoms with Crippen LogP contribution in [0, 0.1) is 5.41 Å². The zero-order chi connectivity index (χ0) is 12.4. The Bertz CT molecular complexity index is 311. The lowest BCUT2D eigenvalue weighted by Gasteiger charge is -2.24. The van der Waals surface area contributed by atoms with Gasteiger partial charge in [0.05, 0.1) is 0 Å². The standard InChI is InChI=1S/C12H20N2O2/c1-5-8-13-9(15)12(6-7-12)10(16)14-11(2,3)4/h5H,1,6-8H2,2-4H3,(H,13,15)(H,14,16). The molecule has 0 aromatic heterocycles. The molecule has 1 saturated carbocycles. The molecule has 1 fully saturated rings. The van der Waals surface area contributed by atoms with Gasteiger partial charge in [-0.25, -0.2) is 0 Å². The molecule has 4 heteroatoms. The SMILES string of the molecule is C=CCNC(=O)C1(C(=O)NC(C)(C)C)CC1. The van der Waals surface area contributed by atoms with E-state index in [4.69, 9.17) is 0 Å². The fraction of sp³-hybridized carbons (Fsp3) is 0.667. The molecule has 0 aromatic rings. The number of amides is 2. The molecule has 4 nitrogen and oxygen atoms in total. The van der Waals surface area contributed by atoms with Crippen molar-refractivity contribution < 1.29 is 9.59 Å². The van der Waals surface area contributed by atoms with Gasteiger partial charge in [-0.05, 0) is 33.6 Å². The Morgan fingerprint density at radius 1 is 1.31 bits per heavy atom. The first-order valence-corrected chi connectivity index (χ1v) is 5.54. The van der Waals surface area contributed by atoms with Crippen LogP contribution < -0.4 is 10.6 Å². The van der Waals surface area contributed by atoms with Crippen molar-refractivity contribution in [3.63, 3.8) is 0 Å². The second kappa shape index (κ2) is 4.28. The van der Waals surface area contributed by atoms with Crippen LogP contribution in [-0.4, -0.2) is 23.9 Å². The van der Waals surface area contributed by atoms with Crippen molar-refractivity contribution in [2.24, 2.45) is 5.41 Å². The minimum Gasteiger partial charge on any atom is -0.352 e. The van der Waals surface area contributed by atoms with E-state index in [1.807, 2.05) is 20.8 Å². The fourth-order valence-corrected chi connectivity index (χ4v) is 1.48. The predicted octanol–water partition coefficient (Wildman–Crippen LogP) is 0.983. The van der Waals surface area contributed by atoms with Crippen LogP contribution in [0.25, 0.3) is 0 Å². The summed E-state index contributed by atoms with van der Waals surface area (Å²) in [6, 6.07) is 0. The summed E-state index contributed by atoms with van der Waals surface area (Å²) in [7, 11) is 0. The molecule has 1 aliphatic rings. The highest BCUT2D eigenvalue weighted by molar-refractivity contribution is 6.08. The molecule has 0 saturated heterocycles. The highest BCUT2D eigenvalue weighted by Crippen LogP contribution is 2.46. The van der Waals surface area contributed by atoms with Crippen LogP contribution in [-0.2, 0) is 9.59 Å². The molecular formula is C12H20N2O2. The van der Waals surface area contributed by atoms with E-state index in [-0.39, 0.29) is 17.4 Å². The summed E-state index contributed by atoms with van der Waals surface area (Å²) >= 11 is 0.